The molecule has 0 spiro atoms. The summed E-state index contributed by atoms with van der Waals surface area (Å²) in [4.78, 5) is 34.4. The molecule has 0 saturated carbocycles. The number of likely N-dealkylation sites (tertiary alicyclic amines) is 1. The lowest BCUT2D eigenvalue weighted by atomic mass is 9.80. The number of fused-ring (bicyclic) bond motifs is 3. The number of hydrogen-bond donors (Lipinski definition) is 1. The zero-order valence-electron chi connectivity index (χ0n) is 15.1. The van der Waals surface area contributed by atoms with Crippen molar-refractivity contribution in [3.05, 3.63) is 57.3 Å². The third-order valence-electron chi connectivity index (χ3n) is 5.61. The average Bonchev–Trinajstić information content (AvgIpc) is 3.07. The Morgan fingerprint density at radius 1 is 1.35 bits per heavy atom. The highest BCUT2D eigenvalue weighted by atomic mass is 16.5. The van der Waals surface area contributed by atoms with Crippen LogP contribution in [0.5, 0.6) is 5.75 Å². The molecule has 136 valence electrons. The molecular weight excluding hydrogens is 330 g/mol. The number of H-pyrrole nitrogens is 1. The smallest absolute Gasteiger partial charge is 0.254 e. The number of carbonyl (C=O) groups is 1. The lowest BCUT2D eigenvalue weighted by Gasteiger charge is -2.25. The summed E-state index contributed by atoms with van der Waals surface area (Å²) in [6, 6.07) is 7.63. The molecule has 1 fully saturated rings. The van der Waals surface area contributed by atoms with Gasteiger partial charge in [-0.05, 0) is 31.7 Å². The van der Waals surface area contributed by atoms with Crippen molar-refractivity contribution in [2.45, 2.75) is 32.1 Å². The Bertz CT molecular complexity index is 905. The van der Waals surface area contributed by atoms with Crippen molar-refractivity contribution in [2.24, 2.45) is 5.92 Å². The second kappa shape index (κ2) is 6.59. The van der Waals surface area contributed by atoms with E-state index >= 15 is 0 Å². The zero-order chi connectivity index (χ0) is 18.3. The second-order valence-electron chi connectivity index (χ2n) is 7.21. The topological polar surface area (TPSA) is 75.3 Å². The van der Waals surface area contributed by atoms with Gasteiger partial charge < -0.3 is 14.6 Å². The predicted octanol–water partition coefficient (Wildman–Crippen LogP) is 1.82. The quantitative estimate of drug-likeness (QED) is 0.913. The fraction of sp³-hybridized carbons (Fsp3) is 0.450. The van der Waals surface area contributed by atoms with Crippen LogP contribution in [0, 0.1) is 12.8 Å². The highest BCUT2D eigenvalue weighted by molar-refractivity contribution is 5.80. The highest BCUT2D eigenvalue weighted by Crippen LogP contribution is 2.39. The van der Waals surface area contributed by atoms with Gasteiger partial charge in [0, 0.05) is 30.1 Å². The van der Waals surface area contributed by atoms with Crippen LogP contribution in [-0.4, -0.2) is 41.0 Å². The van der Waals surface area contributed by atoms with Crippen molar-refractivity contribution in [3.8, 4) is 5.75 Å². The first-order valence-electron chi connectivity index (χ1n) is 9.06. The normalized spacial score (nSPS) is 21.2. The third-order valence-corrected chi connectivity index (χ3v) is 5.61. The Balaban J connectivity index is 1.55. The van der Waals surface area contributed by atoms with Crippen LogP contribution in [-0.2, 0) is 17.6 Å². The van der Waals surface area contributed by atoms with Gasteiger partial charge in [0.1, 0.15) is 11.6 Å². The van der Waals surface area contributed by atoms with E-state index in [1.165, 1.54) is 0 Å². The molecule has 1 N–H and O–H groups in total. The van der Waals surface area contributed by atoms with Gasteiger partial charge in [-0.3, -0.25) is 9.59 Å². The van der Waals surface area contributed by atoms with Crippen LogP contribution >= 0.6 is 0 Å². The Hall–Kier alpha value is -2.63. The Morgan fingerprint density at radius 2 is 2.15 bits per heavy atom. The van der Waals surface area contributed by atoms with E-state index in [1.807, 2.05) is 36.1 Å². The second-order valence-corrected chi connectivity index (χ2v) is 7.21. The van der Waals surface area contributed by atoms with E-state index < -0.39 is 0 Å². The summed E-state index contributed by atoms with van der Waals surface area (Å²) >= 11 is 0. The summed E-state index contributed by atoms with van der Waals surface area (Å²) in [6.07, 6.45) is 2.01. The summed E-state index contributed by atoms with van der Waals surface area (Å²) in [7, 11) is 1.62. The number of hydrogen-bond acceptors (Lipinski definition) is 4. The van der Waals surface area contributed by atoms with Gasteiger partial charge in [-0.15, -0.1) is 0 Å². The van der Waals surface area contributed by atoms with Crippen LogP contribution in [0.3, 0.4) is 0 Å². The fourth-order valence-electron chi connectivity index (χ4n) is 4.31. The summed E-state index contributed by atoms with van der Waals surface area (Å²) in [5, 5.41) is 0. The molecule has 0 unspecified atom stereocenters. The van der Waals surface area contributed by atoms with Gasteiger partial charge >= 0.3 is 0 Å². The van der Waals surface area contributed by atoms with Gasteiger partial charge in [-0.1, -0.05) is 18.2 Å². The van der Waals surface area contributed by atoms with Crippen molar-refractivity contribution < 1.29 is 9.53 Å². The van der Waals surface area contributed by atoms with Crippen molar-refractivity contribution in [2.75, 3.05) is 20.2 Å². The molecule has 1 aliphatic heterocycles. The first kappa shape index (κ1) is 16.8. The number of aromatic nitrogens is 2. The lowest BCUT2D eigenvalue weighted by molar-refractivity contribution is -0.129. The van der Waals surface area contributed by atoms with Crippen LogP contribution in [0.4, 0.5) is 0 Å². The summed E-state index contributed by atoms with van der Waals surface area (Å²) in [5.74, 6) is 2.05. The van der Waals surface area contributed by atoms with Crippen LogP contribution in [0.15, 0.2) is 29.1 Å². The minimum atomic E-state index is -0.0234. The number of benzene rings is 1. The van der Waals surface area contributed by atoms with Gasteiger partial charge in [0.15, 0.2) is 0 Å². The molecule has 0 bridgehead atoms. The molecule has 2 aliphatic rings. The van der Waals surface area contributed by atoms with Gasteiger partial charge in [-0.2, -0.15) is 0 Å². The molecule has 1 saturated heterocycles. The zero-order valence-corrected chi connectivity index (χ0v) is 15.1. The van der Waals surface area contributed by atoms with Gasteiger partial charge in [-0.25, -0.2) is 4.98 Å². The van der Waals surface area contributed by atoms with E-state index in [4.69, 9.17) is 4.74 Å². The molecular formula is C20H23N3O3. The van der Waals surface area contributed by atoms with Crippen LogP contribution in [0.25, 0.3) is 0 Å². The minimum Gasteiger partial charge on any atom is -0.496 e. The number of amides is 1. The number of carbonyl (C=O) groups excluding carboxylic acids is 1. The number of nitrogens with one attached hydrogen (secondary N) is 1. The third kappa shape index (κ3) is 2.89. The van der Waals surface area contributed by atoms with Crippen LogP contribution in [0.2, 0.25) is 0 Å². The number of methoxy groups -OCH3 is 1. The summed E-state index contributed by atoms with van der Waals surface area (Å²) in [6.45, 7) is 3.19. The number of ether oxygens (including phenoxy) is 1. The van der Waals surface area contributed by atoms with E-state index in [1.54, 1.807) is 7.11 Å². The maximum Gasteiger partial charge on any atom is 0.254 e. The summed E-state index contributed by atoms with van der Waals surface area (Å²) < 4.78 is 5.36. The number of nitrogens with zero attached hydrogens (tertiary/aromatic N) is 2. The number of rotatable bonds is 3. The van der Waals surface area contributed by atoms with Gasteiger partial charge in [0.05, 0.1) is 19.2 Å². The molecule has 6 heteroatoms. The molecule has 2 atom stereocenters. The van der Waals surface area contributed by atoms with Crippen molar-refractivity contribution in [1.82, 2.24) is 14.9 Å². The first-order chi connectivity index (χ1) is 12.6. The van der Waals surface area contributed by atoms with Gasteiger partial charge in [0.25, 0.3) is 5.56 Å². The van der Waals surface area contributed by atoms with E-state index in [2.05, 4.69) is 9.97 Å². The molecule has 2 heterocycles. The molecule has 1 aromatic carbocycles. The van der Waals surface area contributed by atoms with E-state index in [0.29, 0.717) is 24.7 Å². The molecule has 2 aromatic rings. The first-order valence-corrected chi connectivity index (χ1v) is 9.06. The highest BCUT2D eigenvalue weighted by Gasteiger charge is 2.41. The Morgan fingerprint density at radius 3 is 2.96 bits per heavy atom. The average molecular weight is 353 g/mol. The fourth-order valence-corrected chi connectivity index (χ4v) is 4.31. The lowest BCUT2D eigenvalue weighted by Crippen LogP contribution is -2.30. The number of aryl methyl sites for hydroxylation is 1. The maximum absolute atomic E-state index is 12.9. The van der Waals surface area contributed by atoms with Crippen molar-refractivity contribution in [1.29, 1.82) is 0 Å². The molecule has 1 aliphatic carbocycles. The largest absolute Gasteiger partial charge is 0.496 e. The monoisotopic (exact) mass is 353 g/mol. The van der Waals surface area contributed by atoms with Crippen LogP contribution in [0.1, 0.15) is 35.0 Å². The van der Waals surface area contributed by atoms with E-state index in [-0.39, 0.29) is 17.4 Å². The molecule has 6 nitrogen and oxygen atoms in total. The molecule has 1 aromatic heterocycles. The minimum absolute atomic E-state index is 0.0234. The van der Waals surface area contributed by atoms with E-state index in [0.717, 1.165) is 42.0 Å². The molecule has 26 heavy (non-hydrogen) atoms. The Kier molecular flexibility index (Phi) is 4.26. The van der Waals surface area contributed by atoms with E-state index in [9.17, 15) is 9.59 Å². The summed E-state index contributed by atoms with van der Waals surface area (Å²) in [5.41, 5.74) is 2.58. The molecule has 1 amide bonds. The Labute approximate surface area is 152 Å². The molecule has 0 radical (unpaired) electrons. The molecule has 4 rings (SSSR count). The maximum atomic E-state index is 12.9. The number of aromatic amines is 1. The van der Waals surface area contributed by atoms with Crippen LogP contribution < -0.4 is 10.3 Å². The standard InChI is InChI=1S/C20H23N3O3/c1-12-21-19-15(20(25)22-12)8-7-14-10-23(11-16(14)19)18(24)9-13-5-3-4-6-17(13)26-2/h3-6,14,16H,7-11H2,1-2H3,(H,21,22,25)/t14-,16+/m1/s1. The van der Waals surface area contributed by atoms with Crippen molar-refractivity contribution in [3.63, 3.8) is 0 Å². The van der Waals surface area contributed by atoms with Gasteiger partial charge in [0.2, 0.25) is 5.91 Å². The SMILES string of the molecule is COc1ccccc1CC(=O)N1C[C@H]2CCc3c(nc(C)[nH]c3=O)[C@H]2C1. The predicted molar refractivity (Wildman–Crippen MR) is 97.4 cm³/mol. The van der Waals surface area contributed by atoms with Crippen molar-refractivity contribution >= 4 is 5.91 Å². The number of para-hydroxylation sites is 1.